The molecule has 0 saturated heterocycles. The molecule has 1 aliphatic heterocycles. The van der Waals surface area contributed by atoms with E-state index in [-0.39, 0.29) is 0 Å². The first kappa shape index (κ1) is 14.0. The zero-order valence-corrected chi connectivity index (χ0v) is 13.1. The fourth-order valence-electron chi connectivity index (χ4n) is 3.34. The van der Waals surface area contributed by atoms with Gasteiger partial charge in [0.15, 0.2) is 0 Å². The highest BCUT2D eigenvalue weighted by Gasteiger charge is 2.30. The van der Waals surface area contributed by atoms with Crippen LogP contribution in [0, 0.1) is 5.92 Å². The molecule has 1 fully saturated rings. The summed E-state index contributed by atoms with van der Waals surface area (Å²) in [6.07, 6.45) is 6.34. The molecule has 2 aromatic rings. The number of rotatable bonds is 6. The van der Waals surface area contributed by atoms with Crippen LogP contribution >= 0.6 is 0 Å². The van der Waals surface area contributed by atoms with Crippen molar-refractivity contribution in [1.82, 2.24) is 14.5 Å². The van der Waals surface area contributed by atoms with Crippen LogP contribution < -0.4 is 0 Å². The Morgan fingerprint density at radius 1 is 1.36 bits per heavy atom. The minimum Gasteiger partial charge on any atom is -0.468 e. The van der Waals surface area contributed by atoms with Gasteiger partial charge in [0.25, 0.3) is 0 Å². The molecule has 3 heterocycles. The van der Waals surface area contributed by atoms with E-state index in [0.29, 0.717) is 5.92 Å². The average Bonchev–Trinajstić information content (AvgIpc) is 3.04. The molecule has 5 nitrogen and oxygen atoms in total. The van der Waals surface area contributed by atoms with Gasteiger partial charge in [0, 0.05) is 38.4 Å². The molecule has 5 heteroatoms. The first-order valence-electron chi connectivity index (χ1n) is 8.12. The molecule has 0 spiro atoms. The van der Waals surface area contributed by atoms with Gasteiger partial charge in [-0.25, -0.2) is 4.98 Å². The van der Waals surface area contributed by atoms with E-state index in [0.717, 1.165) is 44.5 Å². The lowest BCUT2D eigenvalue weighted by molar-refractivity contribution is 0.0851. The van der Waals surface area contributed by atoms with Crippen molar-refractivity contribution in [2.45, 2.75) is 31.8 Å². The van der Waals surface area contributed by atoms with Gasteiger partial charge < -0.3 is 13.7 Å². The van der Waals surface area contributed by atoms with Gasteiger partial charge in [-0.15, -0.1) is 0 Å². The lowest BCUT2D eigenvalue weighted by atomic mass is 9.99. The van der Waals surface area contributed by atoms with E-state index < -0.39 is 0 Å². The summed E-state index contributed by atoms with van der Waals surface area (Å²) < 4.78 is 13.6. The molecule has 0 amide bonds. The van der Waals surface area contributed by atoms with Crippen LogP contribution in [-0.4, -0.2) is 34.2 Å². The Balaban J connectivity index is 1.46. The van der Waals surface area contributed by atoms with Crippen molar-refractivity contribution in [2.24, 2.45) is 13.0 Å². The fourth-order valence-corrected chi connectivity index (χ4v) is 3.34. The molecule has 0 N–H and O–H groups in total. The second-order valence-corrected chi connectivity index (χ2v) is 6.61. The van der Waals surface area contributed by atoms with Gasteiger partial charge in [-0.05, 0) is 30.9 Å². The molecule has 118 valence electrons. The molecule has 0 aromatic carbocycles. The molecule has 0 bridgehead atoms. The van der Waals surface area contributed by atoms with E-state index in [1.165, 1.54) is 24.2 Å². The van der Waals surface area contributed by atoms with Crippen molar-refractivity contribution >= 4 is 0 Å². The molecular formula is C17H23N3O2. The predicted octanol–water partition coefficient (Wildman–Crippen LogP) is 2.54. The Kier molecular flexibility index (Phi) is 3.76. The number of imidazole rings is 1. The van der Waals surface area contributed by atoms with Gasteiger partial charge in [0.2, 0.25) is 0 Å². The van der Waals surface area contributed by atoms with Crippen molar-refractivity contribution in [3.05, 3.63) is 41.9 Å². The number of hydrogen-bond acceptors (Lipinski definition) is 4. The highest BCUT2D eigenvalue weighted by atomic mass is 16.5. The van der Waals surface area contributed by atoms with E-state index >= 15 is 0 Å². The summed E-state index contributed by atoms with van der Waals surface area (Å²) in [6.45, 7) is 4.43. The molecule has 1 atom stereocenters. The third-order valence-electron chi connectivity index (χ3n) is 4.63. The largest absolute Gasteiger partial charge is 0.468 e. The molecule has 1 unspecified atom stereocenters. The zero-order valence-electron chi connectivity index (χ0n) is 13.1. The van der Waals surface area contributed by atoms with Gasteiger partial charge in [-0.1, -0.05) is 0 Å². The Bertz CT molecular complexity index is 616. The lowest BCUT2D eigenvalue weighted by Crippen LogP contribution is -2.36. The number of hydrogen-bond donors (Lipinski definition) is 0. The Morgan fingerprint density at radius 2 is 2.27 bits per heavy atom. The maximum Gasteiger partial charge on any atom is 0.117 e. The van der Waals surface area contributed by atoms with Gasteiger partial charge >= 0.3 is 0 Å². The summed E-state index contributed by atoms with van der Waals surface area (Å²) in [7, 11) is 2.09. The van der Waals surface area contributed by atoms with Crippen molar-refractivity contribution in [1.29, 1.82) is 0 Å². The van der Waals surface area contributed by atoms with Gasteiger partial charge in [-0.3, -0.25) is 4.90 Å². The number of fused-ring (bicyclic) bond motifs is 1. The molecule has 22 heavy (non-hydrogen) atoms. The van der Waals surface area contributed by atoms with E-state index in [4.69, 9.17) is 9.15 Å². The van der Waals surface area contributed by atoms with Gasteiger partial charge in [0.1, 0.15) is 5.76 Å². The normalized spacial score (nSPS) is 22.0. The van der Waals surface area contributed by atoms with E-state index in [9.17, 15) is 0 Å². The lowest BCUT2D eigenvalue weighted by Gasteiger charge is -2.32. The standard InChI is InChI=1S/C17H23N3O2/c1-19-12-18-16-9-20(8-15-3-2-6-22-15)7-14(17(16)19)11-21-10-13-4-5-13/h2-3,6,12-14H,4-5,7-11H2,1H3. The van der Waals surface area contributed by atoms with E-state index in [1.54, 1.807) is 6.26 Å². The zero-order chi connectivity index (χ0) is 14.9. The number of ether oxygens (including phenoxy) is 1. The van der Waals surface area contributed by atoms with Gasteiger partial charge in [0.05, 0.1) is 31.4 Å². The van der Waals surface area contributed by atoms with Gasteiger partial charge in [-0.2, -0.15) is 0 Å². The van der Waals surface area contributed by atoms with Crippen molar-refractivity contribution in [2.75, 3.05) is 19.8 Å². The highest BCUT2D eigenvalue weighted by molar-refractivity contribution is 5.22. The monoisotopic (exact) mass is 301 g/mol. The molecule has 1 aliphatic carbocycles. The second kappa shape index (κ2) is 5.89. The predicted molar refractivity (Wildman–Crippen MR) is 82.3 cm³/mol. The quantitative estimate of drug-likeness (QED) is 0.822. The van der Waals surface area contributed by atoms with Crippen LogP contribution in [0.15, 0.2) is 29.1 Å². The van der Waals surface area contributed by atoms with Crippen LogP contribution in [0.25, 0.3) is 0 Å². The van der Waals surface area contributed by atoms with Crippen LogP contribution in [0.2, 0.25) is 0 Å². The molecule has 2 aromatic heterocycles. The number of furan rings is 1. The molecule has 0 radical (unpaired) electrons. The second-order valence-electron chi connectivity index (χ2n) is 6.61. The maximum absolute atomic E-state index is 5.97. The Morgan fingerprint density at radius 3 is 3.05 bits per heavy atom. The van der Waals surface area contributed by atoms with Crippen LogP contribution in [-0.2, 0) is 24.9 Å². The van der Waals surface area contributed by atoms with E-state index in [1.807, 2.05) is 18.5 Å². The molecular weight excluding hydrogens is 278 g/mol. The minimum atomic E-state index is 0.393. The first-order chi connectivity index (χ1) is 10.8. The van der Waals surface area contributed by atoms with Crippen LogP contribution in [0.3, 0.4) is 0 Å². The number of nitrogens with zero attached hydrogens (tertiary/aromatic N) is 3. The minimum absolute atomic E-state index is 0.393. The van der Waals surface area contributed by atoms with Crippen LogP contribution in [0.1, 0.15) is 35.9 Å². The summed E-state index contributed by atoms with van der Waals surface area (Å²) in [5.74, 6) is 2.22. The van der Waals surface area contributed by atoms with Crippen LogP contribution in [0.5, 0.6) is 0 Å². The fraction of sp³-hybridized carbons (Fsp3) is 0.588. The summed E-state index contributed by atoms with van der Waals surface area (Å²) in [4.78, 5) is 6.98. The summed E-state index contributed by atoms with van der Waals surface area (Å²) in [5.41, 5.74) is 2.52. The van der Waals surface area contributed by atoms with Crippen molar-refractivity contribution in [3.63, 3.8) is 0 Å². The number of aromatic nitrogens is 2. The van der Waals surface area contributed by atoms with E-state index in [2.05, 4.69) is 21.5 Å². The topological polar surface area (TPSA) is 43.4 Å². The third kappa shape index (κ3) is 2.96. The van der Waals surface area contributed by atoms with Crippen LogP contribution in [0.4, 0.5) is 0 Å². The summed E-state index contributed by atoms with van der Waals surface area (Å²) in [5, 5.41) is 0. The third-order valence-corrected chi connectivity index (χ3v) is 4.63. The Labute approximate surface area is 130 Å². The van der Waals surface area contributed by atoms with Crippen molar-refractivity contribution < 1.29 is 9.15 Å². The maximum atomic E-state index is 5.97. The smallest absolute Gasteiger partial charge is 0.117 e. The molecule has 4 rings (SSSR count). The number of aryl methyl sites for hydroxylation is 1. The summed E-state index contributed by atoms with van der Waals surface area (Å²) >= 11 is 0. The summed E-state index contributed by atoms with van der Waals surface area (Å²) in [6, 6.07) is 3.98. The average molecular weight is 301 g/mol. The first-order valence-corrected chi connectivity index (χ1v) is 8.12. The highest BCUT2D eigenvalue weighted by Crippen LogP contribution is 2.31. The molecule has 2 aliphatic rings. The van der Waals surface area contributed by atoms with Crippen molar-refractivity contribution in [3.8, 4) is 0 Å². The SMILES string of the molecule is Cn1cnc2c1C(COCC1CC1)CN(Cc1ccco1)C2. The molecule has 1 saturated carbocycles. The Hall–Kier alpha value is -1.59.